The van der Waals surface area contributed by atoms with Gasteiger partial charge in [-0.1, -0.05) is 13.3 Å². The second-order valence-corrected chi connectivity index (χ2v) is 6.24. The van der Waals surface area contributed by atoms with E-state index in [1.165, 1.54) is 32.4 Å². The Morgan fingerprint density at radius 1 is 1.22 bits per heavy atom. The second-order valence-electron chi connectivity index (χ2n) is 6.24. The molecule has 0 aromatic rings. The van der Waals surface area contributed by atoms with E-state index in [9.17, 15) is 0 Å². The number of unbranched alkanes of at least 4 members (excludes halogenated alkanes) is 1. The Kier molecular flexibility index (Phi) is 15.4. The molecule has 23 heavy (non-hydrogen) atoms. The average Bonchev–Trinajstić information content (AvgIpc) is 2.51. The monoisotopic (exact) mass is 440 g/mol. The highest BCUT2D eigenvalue weighted by atomic mass is 127. The minimum absolute atomic E-state index is 0. The summed E-state index contributed by atoms with van der Waals surface area (Å²) in [5, 5.41) is 6.74. The van der Waals surface area contributed by atoms with Gasteiger partial charge in [-0.15, -0.1) is 24.0 Å². The van der Waals surface area contributed by atoms with Crippen molar-refractivity contribution in [2.45, 2.75) is 46.0 Å². The van der Waals surface area contributed by atoms with Crippen LogP contribution in [0.2, 0.25) is 0 Å². The molecule has 1 aliphatic rings. The smallest absolute Gasteiger partial charge is 0.191 e. The topological polar surface area (TPSA) is 48.9 Å². The van der Waals surface area contributed by atoms with Crippen LogP contribution in [0.3, 0.4) is 0 Å². The Bertz CT molecular complexity index is 302. The molecular weight excluding hydrogens is 403 g/mol. The Labute approximate surface area is 160 Å². The number of hydrogen-bond acceptors (Lipinski definition) is 3. The SMILES string of the molecule is CCCCOCCCNC(=NCC1CCCN(C)C1)NCC.I. The van der Waals surface area contributed by atoms with E-state index in [0.717, 1.165) is 51.6 Å². The molecule has 1 aliphatic heterocycles. The van der Waals surface area contributed by atoms with Crippen LogP contribution in [-0.2, 0) is 4.74 Å². The van der Waals surface area contributed by atoms with Crippen molar-refractivity contribution in [3.05, 3.63) is 0 Å². The van der Waals surface area contributed by atoms with E-state index in [-0.39, 0.29) is 24.0 Å². The Balaban J connectivity index is 0.00000484. The molecule has 1 rings (SSSR count). The molecule has 1 heterocycles. The Hall–Kier alpha value is -0.0800. The maximum Gasteiger partial charge on any atom is 0.191 e. The molecule has 0 aromatic carbocycles. The van der Waals surface area contributed by atoms with Gasteiger partial charge in [0.2, 0.25) is 0 Å². The molecule has 0 amide bonds. The highest BCUT2D eigenvalue weighted by molar-refractivity contribution is 14.0. The van der Waals surface area contributed by atoms with Gasteiger partial charge in [-0.25, -0.2) is 0 Å². The molecule has 0 bridgehead atoms. The van der Waals surface area contributed by atoms with Crippen LogP contribution in [0.1, 0.15) is 46.0 Å². The van der Waals surface area contributed by atoms with Crippen molar-refractivity contribution in [1.29, 1.82) is 0 Å². The molecule has 0 aliphatic carbocycles. The van der Waals surface area contributed by atoms with Gasteiger partial charge < -0.3 is 20.3 Å². The molecule has 1 saturated heterocycles. The molecule has 1 unspecified atom stereocenters. The van der Waals surface area contributed by atoms with E-state index in [1.807, 2.05) is 0 Å². The van der Waals surface area contributed by atoms with Gasteiger partial charge in [0, 0.05) is 39.4 Å². The van der Waals surface area contributed by atoms with Gasteiger partial charge in [-0.2, -0.15) is 0 Å². The summed E-state index contributed by atoms with van der Waals surface area (Å²) < 4.78 is 5.58. The highest BCUT2D eigenvalue weighted by Crippen LogP contribution is 2.14. The van der Waals surface area contributed by atoms with Crippen LogP contribution >= 0.6 is 24.0 Å². The lowest BCUT2D eigenvalue weighted by Crippen LogP contribution is -2.39. The number of rotatable bonds is 10. The molecule has 1 fully saturated rings. The first-order valence-electron chi connectivity index (χ1n) is 9.04. The van der Waals surface area contributed by atoms with Gasteiger partial charge in [0.25, 0.3) is 0 Å². The molecule has 1 atom stereocenters. The van der Waals surface area contributed by atoms with Crippen molar-refractivity contribution in [2.24, 2.45) is 10.9 Å². The van der Waals surface area contributed by atoms with Crippen molar-refractivity contribution in [3.8, 4) is 0 Å². The first kappa shape index (κ1) is 22.9. The molecule has 138 valence electrons. The Morgan fingerprint density at radius 2 is 2.00 bits per heavy atom. The van der Waals surface area contributed by atoms with Gasteiger partial charge in [0.05, 0.1) is 0 Å². The highest BCUT2D eigenvalue weighted by Gasteiger charge is 2.16. The van der Waals surface area contributed by atoms with Gasteiger partial charge in [0.1, 0.15) is 0 Å². The number of nitrogens with zero attached hydrogens (tertiary/aromatic N) is 2. The van der Waals surface area contributed by atoms with Gasteiger partial charge in [-0.3, -0.25) is 4.99 Å². The summed E-state index contributed by atoms with van der Waals surface area (Å²) in [6, 6.07) is 0. The lowest BCUT2D eigenvalue weighted by Gasteiger charge is -2.28. The third-order valence-electron chi connectivity index (χ3n) is 3.97. The summed E-state index contributed by atoms with van der Waals surface area (Å²) in [7, 11) is 2.21. The summed E-state index contributed by atoms with van der Waals surface area (Å²) in [5.41, 5.74) is 0. The van der Waals surface area contributed by atoms with Gasteiger partial charge in [0.15, 0.2) is 5.96 Å². The van der Waals surface area contributed by atoms with E-state index in [0.29, 0.717) is 5.92 Å². The van der Waals surface area contributed by atoms with Crippen LogP contribution in [0.5, 0.6) is 0 Å². The third-order valence-corrected chi connectivity index (χ3v) is 3.97. The molecular formula is C17H37IN4O. The molecule has 0 aromatic heterocycles. The molecule has 2 N–H and O–H groups in total. The Morgan fingerprint density at radius 3 is 2.70 bits per heavy atom. The number of nitrogens with one attached hydrogen (secondary N) is 2. The van der Waals surface area contributed by atoms with E-state index in [4.69, 9.17) is 9.73 Å². The number of guanidine groups is 1. The predicted molar refractivity (Wildman–Crippen MR) is 110 cm³/mol. The summed E-state index contributed by atoms with van der Waals surface area (Å²) in [4.78, 5) is 7.16. The zero-order chi connectivity index (χ0) is 16.0. The second kappa shape index (κ2) is 15.4. The van der Waals surface area contributed by atoms with Crippen LogP contribution in [0, 0.1) is 5.92 Å². The molecule has 5 nitrogen and oxygen atoms in total. The van der Waals surface area contributed by atoms with E-state index < -0.39 is 0 Å². The van der Waals surface area contributed by atoms with Crippen molar-refractivity contribution in [1.82, 2.24) is 15.5 Å². The summed E-state index contributed by atoms with van der Waals surface area (Å²) in [5.74, 6) is 1.65. The first-order valence-corrected chi connectivity index (χ1v) is 9.04. The number of piperidine rings is 1. The van der Waals surface area contributed by atoms with Crippen LogP contribution in [0.15, 0.2) is 4.99 Å². The first-order chi connectivity index (χ1) is 10.8. The summed E-state index contributed by atoms with van der Waals surface area (Å²) in [6.07, 6.45) is 5.99. The number of ether oxygens (including phenoxy) is 1. The predicted octanol–water partition coefficient (Wildman–Crippen LogP) is 2.71. The van der Waals surface area contributed by atoms with E-state index in [1.54, 1.807) is 0 Å². The van der Waals surface area contributed by atoms with Crippen LogP contribution < -0.4 is 10.6 Å². The van der Waals surface area contributed by atoms with Crippen molar-refractivity contribution in [3.63, 3.8) is 0 Å². The zero-order valence-corrected chi connectivity index (χ0v) is 17.6. The fraction of sp³-hybridized carbons (Fsp3) is 0.941. The standard InChI is InChI=1S/C17H36N4O.HI/c1-4-6-12-22-13-8-10-19-17(18-5-2)20-14-16-9-7-11-21(3)15-16;/h16H,4-15H2,1-3H3,(H2,18,19,20);1H. The average molecular weight is 440 g/mol. The third kappa shape index (κ3) is 12.0. The van der Waals surface area contributed by atoms with Crippen molar-refractivity contribution >= 4 is 29.9 Å². The summed E-state index contributed by atoms with van der Waals surface area (Å²) >= 11 is 0. The maximum atomic E-state index is 5.58. The quantitative estimate of drug-likeness (QED) is 0.237. The number of halogens is 1. The largest absolute Gasteiger partial charge is 0.381 e. The van der Waals surface area contributed by atoms with Gasteiger partial charge in [-0.05, 0) is 52.1 Å². The van der Waals surface area contributed by atoms with E-state index >= 15 is 0 Å². The molecule has 0 spiro atoms. The van der Waals surface area contributed by atoms with Crippen molar-refractivity contribution < 1.29 is 4.74 Å². The lowest BCUT2D eigenvalue weighted by molar-refractivity contribution is 0.129. The number of aliphatic imine (C=N–C) groups is 1. The zero-order valence-electron chi connectivity index (χ0n) is 15.3. The number of likely N-dealkylation sites (tertiary alicyclic amines) is 1. The normalized spacial score (nSPS) is 19.3. The fourth-order valence-corrected chi connectivity index (χ4v) is 2.71. The van der Waals surface area contributed by atoms with E-state index in [2.05, 4.69) is 36.4 Å². The summed E-state index contributed by atoms with van der Waals surface area (Å²) in [6.45, 7) is 11.2. The molecule has 6 heteroatoms. The molecule has 0 radical (unpaired) electrons. The minimum atomic E-state index is 0. The van der Waals surface area contributed by atoms with Crippen LogP contribution in [0.25, 0.3) is 0 Å². The van der Waals surface area contributed by atoms with Gasteiger partial charge >= 0.3 is 0 Å². The van der Waals surface area contributed by atoms with Crippen molar-refractivity contribution in [2.75, 3.05) is 53.0 Å². The fourth-order valence-electron chi connectivity index (χ4n) is 2.71. The molecule has 0 saturated carbocycles. The lowest BCUT2D eigenvalue weighted by atomic mass is 9.99. The van der Waals surface area contributed by atoms with Crippen LogP contribution in [-0.4, -0.2) is 63.8 Å². The maximum absolute atomic E-state index is 5.58. The van der Waals surface area contributed by atoms with Crippen LogP contribution in [0.4, 0.5) is 0 Å². The minimum Gasteiger partial charge on any atom is -0.381 e. The number of hydrogen-bond donors (Lipinski definition) is 2.